The van der Waals surface area contributed by atoms with Crippen molar-refractivity contribution in [1.82, 2.24) is 4.98 Å². The summed E-state index contributed by atoms with van der Waals surface area (Å²) in [5.74, 6) is -0.274. The molecule has 3 N–H and O–H groups in total. The minimum Gasteiger partial charge on any atom is -0.481 e. The molecule has 0 atom stereocenters. The van der Waals surface area contributed by atoms with Gasteiger partial charge in [-0.05, 0) is 12.5 Å². The Morgan fingerprint density at radius 1 is 1.39 bits per heavy atom. The molecule has 0 spiro atoms. The molecule has 0 radical (unpaired) electrons. The topological polar surface area (TPSA) is 89.3 Å². The third kappa shape index (κ3) is 2.88. The maximum atomic E-state index is 10.4. The molecule has 1 heterocycles. The van der Waals surface area contributed by atoms with Gasteiger partial charge in [-0.3, -0.25) is 4.79 Å². The molecule has 0 unspecified atom stereocenters. The molecule has 2 aromatic rings. The highest BCUT2D eigenvalue weighted by Crippen LogP contribution is 2.24. The van der Waals surface area contributed by atoms with Crippen molar-refractivity contribution in [2.24, 2.45) is 0 Å². The zero-order valence-electron chi connectivity index (χ0n) is 9.80. The molecule has 1 aromatic heterocycles. The van der Waals surface area contributed by atoms with Crippen molar-refractivity contribution in [3.8, 4) is 11.3 Å². The van der Waals surface area contributed by atoms with Crippen LogP contribution in [0.15, 0.2) is 34.9 Å². The lowest BCUT2D eigenvalue weighted by Crippen LogP contribution is -1.96. The lowest BCUT2D eigenvalue weighted by molar-refractivity contribution is -0.137. The smallest absolute Gasteiger partial charge is 0.303 e. The van der Waals surface area contributed by atoms with Gasteiger partial charge in [0.05, 0.1) is 0 Å². The van der Waals surface area contributed by atoms with Crippen molar-refractivity contribution in [3.63, 3.8) is 0 Å². The molecule has 5 nitrogen and oxygen atoms in total. The van der Waals surface area contributed by atoms with Gasteiger partial charge in [0.1, 0.15) is 12.0 Å². The van der Waals surface area contributed by atoms with Gasteiger partial charge in [-0.1, -0.05) is 18.2 Å². The fourth-order valence-corrected chi connectivity index (χ4v) is 1.67. The van der Waals surface area contributed by atoms with Gasteiger partial charge in [-0.2, -0.15) is 0 Å². The predicted octanol–water partition coefficient (Wildman–Crippen LogP) is 2.33. The second-order valence-corrected chi connectivity index (χ2v) is 3.96. The second kappa shape index (κ2) is 5.35. The molecule has 0 saturated carbocycles. The summed E-state index contributed by atoms with van der Waals surface area (Å²) in [4.78, 5) is 14.7. The number of nitrogens with zero attached hydrogens (tertiary/aromatic N) is 1. The normalized spacial score (nSPS) is 10.4. The molecular weight excluding hydrogens is 232 g/mol. The molecule has 94 valence electrons. The van der Waals surface area contributed by atoms with E-state index in [9.17, 15) is 4.79 Å². The van der Waals surface area contributed by atoms with Crippen molar-refractivity contribution in [2.45, 2.75) is 19.3 Å². The molecule has 0 saturated heterocycles. The number of aromatic nitrogens is 1. The van der Waals surface area contributed by atoms with Crippen LogP contribution in [0.3, 0.4) is 0 Å². The van der Waals surface area contributed by atoms with Gasteiger partial charge in [0.15, 0.2) is 5.89 Å². The Morgan fingerprint density at radius 2 is 2.17 bits per heavy atom. The van der Waals surface area contributed by atoms with Crippen LogP contribution in [-0.2, 0) is 11.2 Å². The number of carboxylic acid groups (broad SMARTS) is 1. The molecule has 5 heteroatoms. The highest BCUT2D eigenvalue weighted by Gasteiger charge is 2.09. The van der Waals surface area contributed by atoms with E-state index in [2.05, 4.69) is 4.98 Å². The van der Waals surface area contributed by atoms with Crippen molar-refractivity contribution in [2.75, 3.05) is 5.73 Å². The van der Waals surface area contributed by atoms with Crippen LogP contribution in [0.25, 0.3) is 11.3 Å². The van der Waals surface area contributed by atoms with Gasteiger partial charge in [0.2, 0.25) is 0 Å². The number of nitrogen functional groups attached to an aromatic ring is 1. The molecule has 0 bridgehead atoms. The van der Waals surface area contributed by atoms with E-state index in [4.69, 9.17) is 15.3 Å². The Balaban J connectivity index is 2.06. The molecule has 2 rings (SSSR count). The van der Waals surface area contributed by atoms with Crippen LogP contribution in [0.5, 0.6) is 0 Å². The van der Waals surface area contributed by atoms with Crippen molar-refractivity contribution in [1.29, 1.82) is 0 Å². The number of benzene rings is 1. The van der Waals surface area contributed by atoms with Crippen LogP contribution in [0, 0.1) is 0 Å². The van der Waals surface area contributed by atoms with E-state index in [1.54, 1.807) is 12.3 Å². The Labute approximate surface area is 104 Å². The second-order valence-electron chi connectivity index (χ2n) is 3.96. The average Bonchev–Trinajstić information content (AvgIpc) is 2.78. The monoisotopic (exact) mass is 246 g/mol. The SMILES string of the molecule is Nc1ccccc1-c1coc(CCCC(=O)O)n1. The standard InChI is InChI=1S/C13H14N2O3/c14-10-5-2-1-4-9(10)11-8-18-12(15-11)6-3-7-13(16)17/h1-2,4-5,8H,3,6-7,14H2,(H,16,17). The fraction of sp³-hybridized carbons (Fsp3) is 0.231. The van der Waals surface area contributed by atoms with Crippen molar-refractivity contribution < 1.29 is 14.3 Å². The highest BCUT2D eigenvalue weighted by atomic mass is 16.4. The number of aryl methyl sites for hydroxylation is 1. The van der Waals surface area contributed by atoms with Crippen LogP contribution in [0.2, 0.25) is 0 Å². The number of carboxylic acids is 1. The molecule has 1 aromatic carbocycles. The number of hydrogen-bond acceptors (Lipinski definition) is 4. The van der Waals surface area contributed by atoms with E-state index in [0.717, 1.165) is 5.56 Å². The number of aliphatic carboxylic acids is 1. The molecule has 0 aliphatic carbocycles. The number of nitrogens with two attached hydrogens (primary N) is 1. The summed E-state index contributed by atoms with van der Waals surface area (Å²) in [6, 6.07) is 7.40. The van der Waals surface area contributed by atoms with Gasteiger partial charge in [-0.15, -0.1) is 0 Å². The first-order valence-corrected chi connectivity index (χ1v) is 5.68. The van der Waals surface area contributed by atoms with Crippen molar-refractivity contribution in [3.05, 3.63) is 36.4 Å². The largest absolute Gasteiger partial charge is 0.481 e. The van der Waals surface area contributed by atoms with E-state index < -0.39 is 5.97 Å². The zero-order chi connectivity index (χ0) is 13.0. The summed E-state index contributed by atoms with van der Waals surface area (Å²) in [5.41, 5.74) is 7.99. The average molecular weight is 246 g/mol. The van der Waals surface area contributed by atoms with Crippen molar-refractivity contribution >= 4 is 11.7 Å². The van der Waals surface area contributed by atoms with Crippen LogP contribution in [0.4, 0.5) is 5.69 Å². The zero-order valence-corrected chi connectivity index (χ0v) is 9.80. The van der Waals surface area contributed by atoms with Crippen LogP contribution in [0.1, 0.15) is 18.7 Å². The van der Waals surface area contributed by atoms with E-state index >= 15 is 0 Å². The van der Waals surface area contributed by atoms with Crippen LogP contribution in [-0.4, -0.2) is 16.1 Å². The Bertz CT molecular complexity index is 549. The van der Waals surface area contributed by atoms with Gasteiger partial charge in [0.25, 0.3) is 0 Å². The van der Waals surface area contributed by atoms with Gasteiger partial charge >= 0.3 is 5.97 Å². The van der Waals surface area contributed by atoms with Gasteiger partial charge < -0.3 is 15.3 Å². The third-order valence-electron chi connectivity index (χ3n) is 2.57. The molecular formula is C13H14N2O3. The number of rotatable bonds is 5. The van der Waals surface area contributed by atoms with Gasteiger partial charge in [0, 0.05) is 24.1 Å². The number of para-hydroxylation sites is 1. The third-order valence-corrected chi connectivity index (χ3v) is 2.57. The molecule has 0 aliphatic rings. The van der Waals surface area contributed by atoms with Crippen LogP contribution < -0.4 is 5.73 Å². The van der Waals surface area contributed by atoms with E-state index in [1.165, 1.54) is 0 Å². The molecule has 0 aliphatic heterocycles. The number of hydrogen-bond donors (Lipinski definition) is 2. The van der Waals surface area contributed by atoms with E-state index in [1.807, 2.05) is 18.2 Å². The fourth-order valence-electron chi connectivity index (χ4n) is 1.67. The summed E-state index contributed by atoms with van der Waals surface area (Å²) in [6.07, 6.45) is 2.69. The first kappa shape index (κ1) is 12.2. The first-order valence-electron chi connectivity index (χ1n) is 5.68. The predicted molar refractivity (Wildman–Crippen MR) is 66.9 cm³/mol. The van der Waals surface area contributed by atoms with Crippen LogP contribution >= 0.6 is 0 Å². The number of oxazole rings is 1. The first-order chi connectivity index (χ1) is 8.66. The molecule has 0 fully saturated rings. The lowest BCUT2D eigenvalue weighted by Gasteiger charge is -1.99. The minimum absolute atomic E-state index is 0.116. The summed E-state index contributed by atoms with van der Waals surface area (Å²) in [7, 11) is 0. The van der Waals surface area contributed by atoms with E-state index in [-0.39, 0.29) is 6.42 Å². The summed E-state index contributed by atoms with van der Waals surface area (Å²) in [6.45, 7) is 0. The molecule has 0 amide bonds. The quantitative estimate of drug-likeness (QED) is 0.790. The number of carbonyl (C=O) groups is 1. The Kier molecular flexibility index (Phi) is 3.62. The van der Waals surface area contributed by atoms with Gasteiger partial charge in [-0.25, -0.2) is 4.98 Å². The number of anilines is 1. The summed E-state index contributed by atoms with van der Waals surface area (Å²) < 4.78 is 5.30. The summed E-state index contributed by atoms with van der Waals surface area (Å²) >= 11 is 0. The lowest BCUT2D eigenvalue weighted by atomic mass is 10.1. The maximum absolute atomic E-state index is 10.4. The summed E-state index contributed by atoms with van der Waals surface area (Å²) in [5, 5.41) is 8.54. The Hall–Kier alpha value is -2.30. The highest BCUT2D eigenvalue weighted by molar-refractivity contribution is 5.72. The van der Waals surface area contributed by atoms with E-state index in [0.29, 0.717) is 30.1 Å². The molecule has 18 heavy (non-hydrogen) atoms. The Morgan fingerprint density at radius 3 is 2.89 bits per heavy atom. The minimum atomic E-state index is -0.811. The maximum Gasteiger partial charge on any atom is 0.303 e.